The fourth-order valence-electron chi connectivity index (χ4n) is 2.94. The zero-order valence-electron chi connectivity index (χ0n) is 13.5. The predicted molar refractivity (Wildman–Crippen MR) is 89.2 cm³/mol. The molecule has 23 heavy (non-hydrogen) atoms. The van der Waals surface area contributed by atoms with Gasteiger partial charge in [0.25, 0.3) is 0 Å². The van der Waals surface area contributed by atoms with Crippen molar-refractivity contribution in [1.29, 1.82) is 5.26 Å². The number of ether oxygens (including phenoxy) is 1. The lowest BCUT2D eigenvalue weighted by Gasteiger charge is -2.28. The van der Waals surface area contributed by atoms with Gasteiger partial charge in [0.15, 0.2) is 0 Å². The Labute approximate surface area is 138 Å². The Kier molecular flexibility index (Phi) is 6.58. The summed E-state index contributed by atoms with van der Waals surface area (Å²) < 4.78 is 32.5. The van der Waals surface area contributed by atoms with Gasteiger partial charge in [0, 0.05) is 6.54 Å². The molecular formula is C17H24N2O3S. The molecule has 0 aliphatic heterocycles. The molecule has 1 aliphatic rings. The van der Waals surface area contributed by atoms with E-state index in [1.165, 1.54) is 19.3 Å². The first-order valence-corrected chi connectivity index (χ1v) is 9.73. The largest absolute Gasteiger partial charge is 0.377 e. The van der Waals surface area contributed by atoms with Crippen molar-refractivity contribution < 1.29 is 13.2 Å². The van der Waals surface area contributed by atoms with E-state index in [0.717, 1.165) is 6.42 Å². The van der Waals surface area contributed by atoms with Crippen LogP contribution in [0.2, 0.25) is 0 Å². The Bertz CT molecular complexity index is 652. The molecule has 1 saturated carbocycles. The molecule has 1 N–H and O–H groups in total. The normalized spacial score (nSPS) is 21.7. The summed E-state index contributed by atoms with van der Waals surface area (Å²) in [5, 5.41) is 8.85. The summed E-state index contributed by atoms with van der Waals surface area (Å²) in [6.07, 6.45) is 4.95. The third-order valence-corrected chi connectivity index (χ3v) is 5.56. The quantitative estimate of drug-likeness (QED) is 0.776. The standard InChI is InChI=1S/C17H24N2O3S/c1-14-5-2-3-8-17(14)22-10-9-19-23(20,21)13-16-7-4-6-15(11-16)12-18/h4,6-7,11,14,17,19H,2-3,5,8-10,13H2,1H3. The van der Waals surface area contributed by atoms with Gasteiger partial charge in [0.05, 0.1) is 30.1 Å². The van der Waals surface area contributed by atoms with Crippen LogP contribution in [-0.4, -0.2) is 27.7 Å². The summed E-state index contributed by atoms with van der Waals surface area (Å²) in [6, 6.07) is 8.66. The first-order valence-electron chi connectivity index (χ1n) is 8.08. The van der Waals surface area contributed by atoms with Gasteiger partial charge in [-0.25, -0.2) is 13.1 Å². The minimum atomic E-state index is -3.42. The monoisotopic (exact) mass is 336 g/mol. The van der Waals surface area contributed by atoms with Gasteiger partial charge in [0.1, 0.15) is 0 Å². The van der Waals surface area contributed by atoms with Crippen molar-refractivity contribution in [1.82, 2.24) is 4.72 Å². The van der Waals surface area contributed by atoms with E-state index in [2.05, 4.69) is 11.6 Å². The van der Waals surface area contributed by atoms with Crippen LogP contribution >= 0.6 is 0 Å². The molecule has 2 atom stereocenters. The first-order chi connectivity index (χ1) is 11.0. The molecule has 0 radical (unpaired) electrons. The molecule has 1 aromatic rings. The van der Waals surface area contributed by atoms with E-state index in [9.17, 15) is 8.42 Å². The summed E-state index contributed by atoms with van der Waals surface area (Å²) in [4.78, 5) is 0. The van der Waals surface area contributed by atoms with Crippen LogP contribution in [0.25, 0.3) is 0 Å². The van der Waals surface area contributed by atoms with E-state index >= 15 is 0 Å². The molecule has 1 aromatic carbocycles. The molecule has 1 fully saturated rings. The lowest BCUT2D eigenvalue weighted by Crippen LogP contribution is -2.32. The Balaban J connectivity index is 1.76. The van der Waals surface area contributed by atoms with Crippen LogP contribution in [0.5, 0.6) is 0 Å². The first kappa shape index (κ1) is 17.9. The van der Waals surface area contributed by atoms with Gasteiger partial charge in [-0.3, -0.25) is 0 Å². The SMILES string of the molecule is CC1CCCCC1OCCNS(=O)(=O)Cc1cccc(C#N)c1. The molecule has 0 bridgehead atoms. The maximum absolute atomic E-state index is 12.1. The fraction of sp³-hybridized carbons (Fsp3) is 0.588. The van der Waals surface area contributed by atoms with E-state index in [0.29, 0.717) is 23.7 Å². The van der Waals surface area contributed by atoms with E-state index in [-0.39, 0.29) is 18.4 Å². The van der Waals surface area contributed by atoms with Crippen LogP contribution in [0.1, 0.15) is 43.7 Å². The van der Waals surface area contributed by atoms with Gasteiger partial charge < -0.3 is 4.74 Å². The van der Waals surface area contributed by atoms with Crippen molar-refractivity contribution in [2.45, 2.75) is 44.5 Å². The summed E-state index contributed by atoms with van der Waals surface area (Å²) in [6.45, 7) is 2.87. The van der Waals surface area contributed by atoms with Crippen LogP contribution in [0, 0.1) is 17.2 Å². The van der Waals surface area contributed by atoms with Crippen LogP contribution in [0.4, 0.5) is 0 Å². The Morgan fingerprint density at radius 1 is 1.35 bits per heavy atom. The third kappa shape index (κ3) is 5.94. The van der Waals surface area contributed by atoms with Crippen molar-refractivity contribution in [3.63, 3.8) is 0 Å². The molecule has 0 aromatic heterocycles. The summed E-state index contributed by atoms with van der Waals surface area (Å²) in [5.41, 5.74) is 1.07. The average molecular weight is 336 g/mol. The highest BCUT2D eigenvalue weighted by atomic mass is 32.2. The maximum atomic E-state index is 12.1. The minimum absolute atomic E-state index is 0.123. The van der Waals surface area contributed by atoms with E-state index in [4.69, 9.17) is 10.00 Å². The molecule has 0 amide bonds. The van der Waals surface area contributed by atoms with E-state index < -0.39 is 10.0 Å². The van der Waals surface area contributed by atoms with Gasteiger partial charge in [-0.1, -0.05) is 31.9 Å². The summed E-state index contributed by atoms with van der Waals surface area (Å²) >= 11 is 0. The zero-order chi connectivity index (χ0) is 16.7. The third-order valence-electron chi connectivity index (χ3n) is 4.20. The number of nitrogens with zero attached hydrogens (tertiary/aromatic N) is 1. The van der Waals surface area contributed by atoms with Crippen LogP contribution < -0.4 is 4.72 Å². The number of nitriles is 1. The summed E-state index contributed by atoms with van der Waals surface area (Å²) in [7, 11) is -3.42. The molecule has 6 heteroatoms. The number of hydrogen-bond acceptors (Lipinski definition) is 4. The molecule has 0 saturated heterocycles. The lowest BCUT2D eigenvalue weighted by atomic mass is 9.88. The molecule has 5 nitrogen and oxygen atoms in total. The van der Waals surface area contributed by atoms with Gasteiger partial charge in [-0.2, -0.15) is 5.26 Å². The average Bonchev–Trinajstić information content (AvgIpc) is 2.53. The number of rotatable bonds is 7. The Morgan fingerprint density at radius 2 is 2.13 bits per heavy atom. The number of hydrogen-bond donors (Lipinski definition) is 1. The molecule has 0 spiro atoms. The molecule has 2 rings (SSSR count). The smallest absolute Gasteiger partial charge is 0.215 e. The second-order valence-electron chi connectivity index (χ2n) is 6.14. The molecular weight excluding hydrogens is 312 g/mol. The minimum Gasteiger partial charge on any atom is -0.377 e. The Morgan fingerprint density at radius 3 is 2.87 bits per heavy atom. The number of benzene rings is 1. The van der Waals surface area contributed by atoms with Gasteiger partial charge in [0.2, 0.25) is 10.0 Å². The molecule has 2 unspecified atom stereocenters. The highest BCUT2D eigenvalue weighted by Crippen LogP contribution is 2.25. The number of sulfonamides is 1. The maximum Gasteiger partial charge on any atom is 0.215 e. The zero-order valence-corrected chi connectivity index (χ0v) is 14.3. The Hall–Kier alpha value is -1.42. The predicted octanol–water partition coefficient (Wildman–Crippen LogP) is 2.57. The number of nitrogens with one attached hydrogen (secondary N) is 1. The molecule has 126 valence electrons. The van der Waals surface area contributed by atoms with Gasteiger partial charge in [-0.15, -0.1) is 0 Å². The topological polar surface area (TPSA) is 79.2 Å². The van der Waals surface area contributed by atoms with E-state index in [1.54, 1.807) is 24.3 Å². The molecule has 0 heterocycles. The summed E-state index contributed by atoms with van der Waals surface area (Å²) in [5.74, 6) is 0.427. The lowest BCUT2D eigenvalue weighted by molar-refractivity contribution is -0.00177. The fourth-order valence-corrected chi connectivity index (χ4v) is 4.05. The highest BCUT2D eigenvalue weighted by molar-refractivity contribution is 7.88. The second-order valence-corrected chi connectivity index (χ2v) is 7.94. The van der Waals surface area contributed by atoms with Crippen LogP contribution in [-0.2, 0) is 20.5 Å². The van der Waals surface area contributed by atoms with Gasteiger partial charge >= 0.3 is 0 Å². The second kappa shape index (κ2) is 8.44. The van der Waals surface area contributed by atoms with Gasteiger partial charge in [-0.05, 0) is 36.5 Å². The molecule has 1 aliphatic carbocycles. The van der Waals surface area contributed by atoms with Crippen molar-refractivity contribution in [3.8, 4) is 6.07 Å². The van der Waals surface area contributed by atoms with Crippen LogP contribution in [0.15, 0.2) is 24.3 Å². The van der Waals surface area contributed by atoms with E-state index in [1.807, 2.05) is 6.07 Å². The highest BCUT2D eigenvalue weighted by Gasteiger charge is 2.21. The van der Waals surface area contributed by atoms with Crippen LogP contribution in [0.3, 0.4) is 0 Å². The van der Waals surface area contributed by atoms with Crippen molar-refractivity contribution in [3.05, 3.63) is 35.4 Å². The van der Waals surface area contributed by atoms with Crippen molar-refractivity contribution >= 4 is 10.0 Å². The van der Waals surface area contributed by atoms with Crippen molar-refractivity contribution in [2.75, 3.05) is 13.2 Å². The van der Waals surface area contributed by atoms with Crippen molar-refractivity contribution in [2.24, 2.45) is 5.92 Å².